The highest BCUT2D eigenvalue weighted by atomic mass is 32.2. The molecule has 1 fully saturated rings. The molecule has 1 aromatic carbocycles. The van der Waals surface area contributed by atoms with Crippen molar-refractivity contribution in [2.24, 2.45) is 0 Å². The summed E-state index contributed by atoms with van der Waals surface area (Å²) < 4.78 is 26.4. The van der Waals surface area contributed by atoms with Crippen LogP contribution in [0.1, 0.15) is 18.4 Å². The molecule has 1 saturated carbocycles. The van der Waals surface area contributed by atoms with Gasteiger partial charge in [0, 0.05) is 12.3 Å². The second-order valence-corrected chi connectivity index (χ2v) is 7.71. The Morgan fingerprint density at radius 1 is 1.32 bits per heavy atom. The maximum Gasteiger partial charge on any atom is 0.407 e. The van der Waals surface area contributed by atoms with Crippen molar-refractivity contribution in [1.29, 1.82) is 0 Å². The van der Waals surface area contributed by atoms with Gasteiger partial charge in [-0.15, -0.1) is 0 Å². The first-order chi connectivity index (χ1) is 10.2. The number of benzene rings is 1. The first-order valence-corrected chi connectivity index (χ1v) is 8.54. The third-order valence-corrected chi connectivity index (χ3v) is 5.71. The van der Waals surface area contributed by atoms with E-state index in [1.807, 2.05) is 18.2 Å². The predicted molar refractivity (Wildman–Crippen MR) is 78.0 cm³/mol. The first kappa shape index (κ1) is 16.3. The van der Waals surface area contributed by atoms with Gasteiger partial charge in [0.05, 0.1) is 0 Å². The van der Waals surface area contributed by atoms with Crippen molar-refractivity contribution in [3.63, 3.8) is 0 Å². The normalized spacial score (nSPS) is 24.1. The number of rotatable bonds is 5. The van der Waals surface area contributed by atoms with Gasteiger partial charge in [-0.1, -0.05) is 30.3 Å². The van der Waals surface area contributed by atoms with Crippen molar-refractivity contribution >= 4 is 21.9 Å². The van der Waals surface area contributed by atoms with Crippen LogP contribution in [-0.2, 0) is 26.0 Å². The molecule has 120 valence electrons. The summed E-state index contributed by atoms with van der Waals surface area (Å²) in [7, 11) is -3.74. The lowest BCUT2D eigenvalue weighted by Crippen LogP contribution is -2.62. The van der Waals surface area contributed by atoms with E-state index in [9.17, 15) is 18.0 Å². The van der Waals surface area contributed by atoms with Crippen LogP contribution in [0.3, 0.4) is 0 Å². The minimum atomic E-state index is -3.74. The topological polar surface area (TPSA) is 110 Å². The number of carboxylic acids is 1. The van der Waals surface area contributed by atoms with Gasteiger partial charge in [-0.2, -0.15) is 0 Å². The van der Waals surface area contributed by atoms with E-state index in [0.29, 0.717) is 0 Å². The fraction of sp³-hybridized carbons (Fsp3) is 0.429. The number of ether oxygens (including phenoxy) is 1. The molecule has 0 unspecified atom stereocenters. The molecule has 0 radical (unpaired) electrons. The predicted octanol–water partition coefficient (Wildman–Crippen LogP) is 0.943. The molecule has 8 heteroatoms. The van der Waals surface area contributed by atoms with Gasteiger partial charge < -0.3 is 15.2 Å². The maximum atomic E-state index is 11.6. The molecule has 0 saturated heterocycles. The van der Waals surface area contributed by atoms with Gasteiger partial charge in [0.2, 0.25) is 0 Å². The van der Waals surface area contributed by atoms with Crippen molar-refractivity contribution in [1.82, 2.24) is 5.32 Å². The molecule has 2 N–H and O–H groups in total. The lowest BCUT2D eigenvalue weighted by Gasteiger charge is -2.42. The highest BCUT2D eigenvalue weighted by molar-refractivity contribution is 7.93. The minimum Gasteiger partial charge on any atom is -0.480 e. The Morgan fingerprint density at radius 3 is 2.41 bits per heavy atom. The Balaban J connectivity index is 1.84. The lowest BCUT2D eigenvalue weighted by molar-refractivity contribution is -0.143. The van der Waals surface area contributed by atoms with Gasteiger partial charge >= 0.3 is 12.1 Å². The van der Waals surface area contributed by atoms with Crippen molar-refractivity contribution in [3.05, 3.63) is 35.9 Å². The van der Waals surface area contributed by atoms with E-state index in [1.165, 1.54) is 0 Å². The van der Waals surface area contributed by atoms with E-state index in [2.05, 4.69) is 5.32 Å². The minimum absolute atomic E-state index is 0.0928. The van der Waals surface area contributed by atoms with Gasteiger partial charge in [0.25, 0.3) is 0 Å². The average molecular weight is 327 g/mol. The van der Waals surface area contributed by atoms with E-state index >= 15 is 0 Å². The molecule has 0 heterocycles. The molecule has 0 aromatic heterocycles. The van der Waals surface area contributed by atoms with Crippen molar-refractivity contribution in [3.8, 4) is 0 Å². The highest BCUT2D eigenvalue weighted by Crippen LogP contribution is 2.39. The van der Waals surface area contributed by atoms with Crippen LogP contribution in [0.25, 0.3) is 0 Å². The van der Waals surface area contributed by atoms with Crippen LogP contribution in [-0.4, -0.2) is 42.6 Å². The Kier molecular flexibility index (Phi) is 4.41. The summed E-state index contributed by atoms with van der Waals surface area (Å²) in [6.07, 6.45) is -0.102. The van der Waals surface area contributed by atoms with E-state index in [1.54, 1.807) is 12.1 Å². The van der Waals surface area contributed by atoms with Crippen molar-refractivity contribution < 1.29 is 27.9 Å². The molecule has 1 aliphatic carbocycles. The molecule has 7 nitrogen and oxygen atoms in total. The SMILES string of the molecule is CS(=O)(=O)C1(C(=O)O)CC(NC(=O)OCc2ccccc2)C1. The number of aliphatic carboxylic acids is 1. The second-order valence-electron chi connectivity index (χ2n) is 5.38. The van der Waals surface area contributed by atoms with Gasteiger partial charge in [-0.3, -0.25) is 4.79 Å². The summed E-state index contributed by atoms with van der Waals surface area (Å²) in [5, 5.41) is 11.6. The van der Waals surface area contributed by atoms with Crippen LogP contribution in [0.4, 0.5) is 4.79 Å². The van der Waals surface area contributed by atoms with Gasteiger partial charge in [-0.25, -0.2) is 13.2 Å². The van der Waals surface area contributed by atoms with E-state index in [4.69, 9.17) is 9.84 Å². The number of sulfone groups is 1. The summed E-state index contributed by atoms with van der Waals surface area (Å²) >= 11 is 0. The number of hydrogen-bond acceptors (Lipinski definition) is 5. The van der Waals surface area contributed by atoms with Crippen molar-refractivity contribution in [2.45, 2.75) is 30.2 Å². The zero-order valence-corrected chi connectivity index (χ0v) is 12.8. The smallest absolute Gasteiger partial charge is 0.407 e. The fourth-order valence-corrected chi connectivity index (χ4v) is 3.73. The average Bonchev–Trinajstić information content (AvgIpc) is 2.39. The second kappa shape index (κ2) is 5.96. The number of hydrogen-bond donors (Lipinski definition) is 2. The zero-order valence-electron chi connectivity index (χ0n) is 12.0. The highest BCUT2D eigenvalue weighted by Gasteiger charge is 2.58. The number of carbonyl (C=O) groups excluding carboxylic acids is 1. The standard InChI is InChI=1S/C14H17NO6S/c1-22(19,20)14(12(16)17)7-11(8-14)15-13(18)21-9-10-5-3-2-4-6-10/h2-6,11H,7-9H2,1H3,(H,15,18)(H,16,17). The summed E-state index contributed by atoms with van der Waals surface area (Å²) in [6.45, 7) is 0.0928. The van der Waals surface area contributed by atoms with Crippen LogP contribution in [0.15, 0.2) is 30.3 Å². The largest absolute Gasteiger partial charge is 0.480 e. The Morgan fingerprint density at radius 2 is 1.91 bits per heavy atom. The molecule has 0 bridgehead atoms. The quantitative estimate of drug-likeness (QED) is 0.833. The molecule has 1 amide bonds. The van der Waals surface area contributed by atoms with Crippen LogP contribution in [0.2, 0.25) is 0 Å². The van der Waals surface area contributed by atoms with Crippen LogP contribution >= 0.6 is 0 Å². The maximum absolute atomic E-state index is 11.6. The van der Waals surface area contributed by atoms with Gasteiger partial charge in [-0.05, 0) is 18.4 Å². The monoisotopic (exact) mass is 327 g/mol. The molecule has 2 rings (SSSR count). The molecular formula is C14H17NO6S. The summed E-state index contributed by atoms with van der Waals surface area (Å²) in [5.41, 5.74) is 0.822. The van der Waals surface area contributed by atoms with Crippen LogP contribution in [0.5, 0.6) is 0 Å². The number of nitrogens with one attached hydrogen (secondary N) is 1. The first-order valence-electron chi connectivity index (χ1n) is 6.65. The van der Waals surface area contributed by atoms with E-state index in [0.717, 1.165) is 11.8 Å². The number of alkyl carbamates (subject to hydrolysis) is 1. The molecule has 1 aliphatic rings. The molecule has 0 spiro atoms. The molecule has 0 aliphatic heterocycles. The molecule has 0 atom stereocenters. The van der Waals surface area contributed by atoms with Crippen LogP contribution in [0, 0.1) is 0 Å². The van der Waals surface area contributed by atoms with Gasteiger partial charge in [0.1, 0.15) is 6.61 Å². The van der Waals surface area contributed by atoms with Gasteiger partial charge in [0.15, 0.2) is 14.6 Å². The Labute approximate surface area is 128 Å². The van der Waals surface area contributed by atoms with E-state index in [-0.39, 0.29) is 19.4 Å². The number of amides is 1. The summed E-state index contributed by atoms with van der Waals surface area (Å²) in [6, 6.07) is 8.56. The summed E-state index contributed by atoms with van der Waals surface area (Å²) in [5.74, 6) is -1.38. The molecular weight excluding hydrogens is 310 g/mol. The zero-order chi connectivity index (χ0) is 16.4. The number of carbonyl (C=O) groups is 2. The van der Waals surface area contributed by atoms with Crippen LogP contribution < -0.4 is 5.32 Å². The van der Waals surface area contributed by atoms with Crippen molar-refractivity contribution in [2.75, 3.05) is 6.26 Å². The third-order valence-electron chi connectivity index (χ3n) is 3.79. The Bertz CT molecular complexity index is 664. The Hall–Kier alpha value is -2.09. The number of carboxylic acid groups (broad SMARTS) is 1. The molecule has 1 aromatic rings. The third kappa shape index (κ3) is 3.22. The fourth-order valence-electron chi connectivity index (χ4n) is 2.41. The molecule has 22 heavy (non-hydrogen) atoms. The van der Waals surface area contributed by atoms with E-state index < -0.39 is 32.7 Å². The summed E-state index contributed by atoms with van der Waals surface area (Å²) in [4.78, 5) is 22.8. The lowest BCUT2D eigenvalue weighted by atomic mass is 9.79.